The standard InChI is InChI=1S/C16H18N2O5/c1-11(17-15(21)12-6-3-2-4-7-12)16(22)23-10-14(20)18-9-5-8-13(18)19/h2-4,6-7,11H,5,8-10H2,1H3,(H,17,21)/t11-/m0/s1. The quantitative estimate of drug-likeness (QED) is 0.798. The Kier molecular flexibility index (Phi) is 5.46. The molecule has 3 amide bonds. The smallest absolute Gasteiger partial charge is 0.328 e. The summed E-state index contributed by atoms with van der Waals surface area (Å²) in [7, 11) is 0. The Hall–Kier alpha value is -2.70. The molecule has 1 N–H and O–H groups in total. The number of nitrogens with one attached hydrogen (secondary N) is 1. The van der Waals surface area contributed by atoms with Gasteiger partial charge in [-0.2, -0.15) is 0 Å². The van der Waals surface area contributed by atoms with Gasteiger partial charge in [-0.1, -0.05) is 18.2 Å². The van der Waals surface area contributed by atoms with Crippen LogP contribution in [0.2, 0.25) is 0 Å². The van der Waals surface area contributed by atoms with Gasteiger partial charge in [-0.25, -0.2) is 4.79 Å². The summed E-state index contributed by atoms with van der Waals surface area (Å²) >= 11 is 0. The number of rotatable bonds is 5. The van der Waals surface area contributed by atoms with Gasteiger partial charge < -0.3 is 10.1 Å². The molecule has 1 atom stereocenters. The van der Waals surface area contributed by atoms with Crippen LogP contribution < -0.4 is 5.32 Å². The van der Waals surface area contributed by atoms with Gasteiger partial charge in [-0.3, -0.25) is 19.3 Å². The summed E-state index contributed by atoms with van der Waals surface area (Å²) in [6.07, 6.45) is 0.964. The van der Waals surface area contributed by atoms with Gasteiger partial charge in [0.25, 0.3) is 11.8 Å². The zero-order chi connectivity index (χ0) is 16.8. The van der Waals surface area contributed by atoms with E-state index < -0.39 is 30.4 Å². The highest BCUT2D eigenvalue weighted by molar-refractivity contribution is 5.98. The molecule has 0 radical (unpaired) electrons. The molecule has 0 spiro atoms. The fraction of sp³-hybridized carbons (Fsp3) is 0.375. The first-order chi connectivity index (χ1) is 11.0. The van der Waals surface area contributed by atoms with Crippen LogP contribution in [0.4, 0.5) is 0 Å². The molecule has 1 aromatic carbocycles. The summed E-state index contributed by atoms with van der Waals surface area (Å²) < 4.78 is 4.87. The van der Waals surface area contributed by atoms with Crippen molar-refractivity contribution < 1.29 is 23.9 Å². The molecule has 7 heteroatoms. The Morgan fingerprint density at radius 1 is 1.26 bits per heavy atom. The minimum atomic E-state index is -0.898. The highest BCUT2D eigenvalue weighted by Gasteiger charge is 2.27. The molecule has 1 aliphatic rings. The van der Waals surface area contributed by atoms with Crippen LogP contribution >= 0.6 is 0 Å². The van der Waals surface area contributed by atoms with E-state index in [-0.39, 0.29) is 5.91 Å². The second kappa shape index (κ2) is 7.53. The van der Waals surface area contributed by atoms with Gasteiger partial charge in [0.05, 0.1) is 0 Å². The van der Waals surface area contributed by atoms with Gasteiger partial charge in [-0.15, -0.1) is 0 Å². The number of amides is 3. The Morgan fingerprint density at radius 2 is 1.96 bits per heavy atom. The number of ether oxygens (including phenoxy) is 1. The fourth-order valence-corrected chi connectivity index (χ4v) is 2.18. The van der Waals surface area contributed by atoms with Crippen molar-refractivity contribution >= 4 is 23.7 Å². The third kappa shape index (κ3) is 4.38. The van der Waals surface area contributed by atoms with Gasteiger partial charge in [0.15, 0.2) is 6.61 Å². The lowest BCUT2D eigenvalue weighted by molar-refractivity contribution is -0.155. The summed E-state index contributed by atoms with van der Waals surface area (Å²) in [5.74, 6) is -1.93. The lowest BCUT2D eigenvalue weighted by atomic mass is 10.2. The average Bonchev–Trinajstić information content (AvgIpc) is 2.99. The van der Waals surface area contributed by atoms with Crippen molar-refractivity contribution in [2.45, 2.75) is 25.8 Å². The first-order valence-corrected chi connectivity index (χ1v) is 7.35. The summed E-state index contributed by atoms with van der Waals surface area (Å²) in [4.78, 5) is 48.0. The maximum atomic E-state index is 11.9. The largest absolute Gasteiger partial charge is 0.454 e. The molecule has 0 unspecified atom stereocenters. The number of carbonyl (C=O) groups excluding carboxylic acids is 4. The molecule has 2 rings (SSSR count). The predicted molar refractivity (Wildman–Crippen MR) is 80.3 cm³/mol. The maximum Gasteiger partial charge on any atom is 0.328 e. The number of nitrogens with zero attached hydrogens (tertiary/aromatic N) is 1. The molecule has 0 bridgehead atoms. The zero-order valence-corrected chi connectivity index (χ0v) is 12.8. The van der Waals surface area contributed by atoms with E-state index in [2.05, 4.69) is 5.32 Å². The molecule has 1 saturated heterocycles. The SMILES string of the molecule is C[C@H](NC(=O)c1ccccc1)C(=O)OCC(=O)N1CCCC1=O. The number of carbonyl (C=O) groups is 4. The first-order valence-electron chi connectivity index (χ1n) is 7.35. The highest BCUT2D eigenvalue weighted by Crippen LogP contribution is 2.09. The molecule has 0 aromatic heterocycles. The molecule has 0 aliphatic carbocycles. The molecule has 1 aliphatic heterocycles. The predicted octanol–water partition coefficient (Wildman–Crippen LogP) is 0.497. The topological polar surface area (TPSA) is 92.8 Å². The molecule has 1 heterocycles. The Balaban J connectivity index is 1.80. The Bertz CT molecular complexity index is 614. The van der Waals surface area contributed by atoms with Crippen LogP contribution in [-0.2, 0) is 19.1 Å². The Labute approximate surface area is 133 Å². The van der Waals surface area contributed by atoms with Gasteiger partial charge in [0.2, 0.25) is 5.91 Å². The number of likely N-dealkylation sites (tertiary alicyclic amines) is 1. The van der Waals surface area contributed by atoms with E-state index in [9.17, 15) is 19.2 Å². The third-order valence-electron chi connectivity index (χ3n) is 3.45. The maximum absolute atomic E-state index is 11.9. The molecule has 1 aromatic rings. The molecule has 0 saturated carbocycles. The molecule has 23 heavy (non-hydrogen) atoms. The van der Waals surface area contributed by atoms with Crippen molar-refractivity contribution in [2.24, 2.45) is 0 Å². The van der Waals surface area contributed by atoms with Crippen molar-refractivity contribution in [3.8, 4) is 0 Å². The molecule has 1 fully saturated rings. The number of esters is 1. The first kappa shape index (κ1) is 16.7. The van der Waals surface area contributed by atoms with Gasteiger partial charge >= 0.3 is 5.97 Å². The van der Waals surface area contributed by atoms with Crippen molar-refractivity contribution in [3.05, 3.63) is 35.9 Å². The summed E-state index contributed by atoms with van der Waals surface area (Å²) in [6.45, 7) is 1.32. The number of hydrogen-bond acceptors (Lipinski definition) is 5. The van der Waals surface area contributed by atoms with Crippen LogP contribution in [-0.4, -0.2) is 47.8 Å². The van der Waals surface area contributed by atoms with Crippen molar-refractivity contribution in [2.75, 3.05) is 13.2 Å². The molecular formula is C16H18N2O5. The van der Waals surface area contributed by atoms with Gasteiger partial charge in [0.1, 0.15) is 6.04 Å². The summed E-state index contributed by atoms with van der Waals surface area (Å²) in [5.41, 5.74) is 0.422. The van der Waals surface area contributed by atoms with Crippen molar-refractivity contribution in [3.63, 3.8) is 0 Å². The van der Waals surface area contributed by atoms with E-state index in [1.165, 1.54) is 6.92 Å². The van der Waals surface area contributed by atoms with Crippen LogP contribution in [0.25, 0.3) is 0 Å². The minimum absolute atomic E-state index is 0.253. The van der Waals surface area contributed by atoms with Gasteiger partial charge in [-0.05, 0) is 25.5 Å². The second-order valence-corrected chi connectivity index (χ2v) is 5.21. The normalized spacial score (nSPS) is 15.2. The summed E-state index contributed by atoms with van der Waals surface area (Å²) in [5, 5.41) is 2.49. The van der Waals surface area contributed by atoms with Crippen molar-refractivity contribution in [1.29, 1.82) is 0 Å². The third-order valence-corrected chi connectivity index (χ3v) is 3.45. The number of benzene rings is 1. The van der Waals surface area contributed by atoms with E-state index in [0.29, 0.717) is 24.9 Å². The van der Waals surface area contributed by atoms with E-state index in [1.54, 1.807) is 30.3 Å². The lowest BCUT2D eigenvalue weighted by Crippen LogP contribution is -2.41. The Morgan fingerprint density at radius 3 is 2.57 bits per heavy atom. The molecular weight excluding hydrogens is 300 g/mol. The number of hydrogen-bond donors (Lipinski definition) is 1. The van der Waals surface area contributed by atoms with Crippen LogP contribution in [0, 0.1) is 0 Å². The lowest BCUT2D eigenvalue weighted by Gasteiger charge is -2.16. The number of imide groups is 1. The van der Waals surface area contributed by atoms with Crippen LogP contribution in [0.15, 0.2) is 30.3 Å². The van der Waals surface area contributed by atoms with Crippen molar-refractivity contribution in [1.82, 2.24) is 10.2 Å². The monoisotopic (exact) mass is 318 g/mol. The van der Waals surface area contributed by atoms with Crippen LogP contribution in [0.3, 0.4) is 0 Å². The summed E-state index contributed by atoms with van der Waals surface area (Å²) in [6, 6.07) is 7.54. The van der Waals surface area contributed by atoms with E-state index in [4.69, 9.17) is 4.74 Å². The zero-order valence-electron chi connectivity index (χ0n) is 12.8. The van der Waals surface area contributed by atoms with Crippen LogP contribution in [0.1, 0.15) is 30.1 Å². The minimum Gasteiger partial charge on any atom is -0.454 e. The van der Waals surface area contributed by atoms with Gasteiger partial charge in [0, 0.05) is 18.5 Å². The molecule has 7 nitrogen and oxygen atoms in total. The fourth-order valence-electron chi connectivity index (χ4n) is 2.18. The van der Waals surface area contributed by atoms with E-state index in [0.717, 1.165) is 4.90 Å². The van der Waals surface area contributed by atoms with E-state index >= 15 is 0 Å². The highest BCUT2D eigenvalue weighted by atomic mass is 16.5. The average molecular weight is 318 g/mol. The van der Waals surface area contributed by atoms with E-state index in [1.807, 2.05) is 0 Å². The molecule has 122 valence electrons. The van der Waals surface area contributed by atoms with Crippen LogP contribution in [0.5, 0.6) is 0 Å². The second-order valence-electron chi connectivity index (χ2n) is 5.21.